The molecule has 0 radical (unpaired) electrons. The molecular weight excluding hydrogens is 228 g/mol. The van der Waals surface area contributed by atoms with Crippen LogP contribution in [0.5, 0.6) is 0 Å². The van der Waals surface area contributed by atoms with Gasteiger partial charge in [0.15, 0.2) is 5.25 Å². The van der Waals surface area contributed by atoms with Crippen LogP contribution in [0.4, 0.5) is 0 Å². The summed E-state index contributed by atoms with van der Waals surface area (Å²) in [6.07, 6.45) is 2.01. The van der Waals surface area contributed by atoms with E-state index in [9.17, 15) is 9.59 Å². The predicted molar refractivity (Wildman–Crippen MR) is 64.4 cm³/mol. The van der Waals surface area contributed by atoms with Crippen molar-refractivity contribution in [1.82, 2.24) is 0 Å². The van der Waals surface area contributed by atoms with Crippen LogP contribution < -0.4 is 0 Å². The first-order valence-electron chi connectivity index (χ1n) is 5.62. The summed E-state index contributed by atoms with van der Waals surface area (Å²) < 4.78 is 9.68. The number of rotatable bonds is 8. The van der Waals surface area contributed by atoms with Crippen LogP contribution in [-0.4, -0.2) is 36.2 Å². The highest BCUT2D eigenvalue weighted by Crippen LogP contribution is 2.16. The van der Waals surface area contributed by atoms with Gasteiger partial charge in [0.2, 0.25) is 0 Å². The Kier molecular flexibility index (Phi) is 9.09. The van der Waals surface area contributed by atoms with E-state index in [4.69, 9.17) is 9.47 Å². The molecule has 0 heterocycles. The normalized spacial score (nSPS) is 10.2. The molecule has 0 rings (SSSR count). The Morgan fingerprint density at radius 3 is 1.94 bits per heavy atom. The van der Waals surface area contributed by atoms with Gasteiger partial charge in [0.1, 0.15) is 0 Å². The van der Waals surface area contributed by atoms with Crippen LogP contribution in [0.2, 0.25) is 0 Å². The Balaban J connectivity index is 4.25. The van der Waals surface area contributed by atoms with E-state index in [0.717, 1.165) is 18.6 Å². The molecule has 16 heavy (non-hydrogen) atoms. The maximum Gasteiger partial charge on any atom is 0.330 e. The van der Waals surface area contributed by atoms with Crippen LogP contribution in [-0.2, 0) is 19.1 Å². The number of hydrogen-bond acceptors (Lipinski definition) is 5. The number of hydrogen-bond donors (Lipinski definition) is 0. The highest BCUT2D eigenvalue weighted by Gasteiger charge is 2.29. The zero-order chi connectivity index (χ0) is 12.4. The SMILES string of the molecule is CCCCSC(C(=O)OCC)C(=O)OCC. The zero-order valence-corrected chi connectivity index (χ0v) is 11.0. The van der Waals surface area contributed by atoms with Gasteiger partial charge in [0.25, 0.3) is 0 Å². The molecule has 0 aliphatic carbocycles. The van der Waals surface area contributed by atoms with Crippen molar-refractivity contribution in [2.45, 2.75) is 38.9 Å². The number of thioether (sulfide) groups is 1. The molecule has 0 fully saturated rings. The maximum atomic E-state index is 11.5. The van der Waals surface area contributed by atoms with E-state index >= 15 is 0 Å². The lowest BCUT2D eigenvalue weighted by molar-refractivity contribution is -0.152. The maximum absolute atomic E-state index is 11.5. The molecular formula is C11H20O4S. The molecule has 0 aromatic rings. The van der Waals surface area contributed by atoms with Crippen LogP contribution in [0.3, 0.4) is 0 Å². The summed E-state index contributed by atoms with van der Waals surface area (Å²) in [4.78, 5) is 23.0. The third kappa shape index (κ3) is 6.00. The molecule has 0 saturated carbocycles. The molecule has 0 aliphatic heterocycles. The monoisotopic (exact) mass is 248 g/mol. The summed E-state index contributed by atoms with van der Waals surface area (Å²) in [6.45, 7) is 6.06. The predicted octanol–water partition coefficient (Wildman–Crippen LogP) is 2.01. The summed E-state index contributed by atoms with van der Waals surface area (Å²) in [5, 5.41) is -0.827. The minimum atomic E-state index is -0.827. The largest absolute Gasteiger partial charge is 0.465 e. The number of unbranched alkanes of at least 4 members (excludes halogenated alkanes) is 1. The van der Waals surface area contributed by atoms with Crippen molar-refractivity contribution >= 4 is 23.7 Å². The van der Waals surface area contributed by atoms with Gasteiger partial charge in [-0.25, -0.2) is 0 Å². The third-order valence-corrected chi connectivity index (χ3v) is 3.03. The topological polar surface area (TPSA) is 52.6 Å². The standard InChI is InChI=1S/C11H20O4S/c1-4-7-8-16-9(10(12)14-5-2)11(13)15-6-3/h9H,4-8H2,1-3H3. The minimum absolute atomic E-state index is 0.281. The molecule has 0 aromatic carbocycles. The summed E-state index contributed by atoms with van der Waals surface area (Å²) in [6, 6.07) is 0. The van der Waals surface area contributed by atoms with Gasteiger partial charge < -0.3 is 9.47 Å². The van der Waals surface area contributed by atoms with Crippen molar-refractivity contribution in [3.05, 3.63) is 0 Å². The third-order valence-electron chi connectivity index (χ3n) is 1.78. The molecule has 0 bridgehead atoms. The van der Waals surface area contributed by atoms with Gasteiger partial charge >= 0.3 is 11.9 Å². The zero-order valence-electron chi connectivity index (χ0n) is 10.2. The van der Waals surface area contributed by atoms with E-state index in [1.165, 1.54) is 11.8 Å². The van der Waals surface area contributed by atoms with E-state index in [0.29, 0.717) is 0 Å². The average Bonchev–Trinajstić information content (AvgIpc) is 2.25. The molecule has 94 valence electrons. The Bertz CT molecular complexity index is 200. The van der Waals surface area contributed by atoms with E-state index in [-0.39, 0.29) is 13.2 Å². The number of carbonyl (C=O) groups excluding carboxylic acids is 2. The van der Waals surface area contributed by atoms with Crippen LogP contribution in [0.25, 0.3) is 0 Å². The second kappa shape index (κ2) is 9.51. The van der Waals surface area contributed by atoms with Crippen molar-refractivity contribution in [3.8, 4) is 0 Å². The van der Waals surface area contributed by atoms with E-state index in [2.05, 4.69) is 6.92 Å². The fourth-order valence-electron chi connectivity index (χ4n) is 1.01. The fraction of sp³-hybridized carbons (Fsp3) is 0.818. The molecule has 0 aromatic heterocycles. The molecule has 0 aliphatic rings. The van der Waals surface area contributed by atoms with Gasteiger partial charge in [-0.3, -0.25) is 9.59 Å². The quantitative estimate of drug-likeness (QED) is 0.373. The number of carbonyl (C=O) groups is 2. The van der Waals surface area contributed by atoms with Gasteiger partial charge in [-0.15, -0.1) is 11.8 Å². The molecule has 4 nitrogen and oxygen atoms in total. The molecule has 0 saturated heterocycles. The molecule has 5 heteroatoms. The number of esters is 2. The lowest BCUT2D eigenvalue weighted by Gasteiger charge is -2.13. The van der Waals surface area contributed by atoms with Gasteiger partial charge in [-0.2, -0.15) is 0 Å². The van der Waals surface area contributed by atoms with Crippen LogP contribution in [0.1, 0.15) is 33.6 Å². The summed E-state index contributed by atoms with van der Waals surface area (Å²) >= 11 is 1.29. The molecule has 0 amide bonds. The second-order valence-corrected chi connectivity index (χ2v) is 4.32. The number of ether oxygens (including phenoxy) is 2. The molecule has 0 spiro atoms. The molecule has 0 N–H and O–H groups in total. The van der Waals surface area contributed by atoms with Crippen LogP contribution in [0.15, 0.2) is 0 Å². The lowest BCUT2D eigenvalue weighted by atomic mass is 10.4. The fourth-order valence-corrected chi connectivity index (χ4v) is 2.11. The van der Waals surface area contributed by atoms with E-state index < -0.39 is 17.2 Å². The average molecular weight is 248 g/mol. The summed E-state index contributed by atoms with van der Waals surface area (Å²) in [5.74, 6) is -0.234. The van der Waals surface area contributed by atoms with Crippen molar-refractivity contribution in [1.29, 1.82) is 0 Å². The smallest absolute Gasteiger partial charge is 0.330 e. The van der Waals surface area contributed by atoms with Gasteiger partial charge in [-0.1, -0.05) is 13.3 Å². The highest BCUT2D eigenvalue weighted by molar-refractivity contribution is 8.01. The van der Waals surface area contributed by atoms with Gasteiger partial charge in [0.05, 0.1) is 13.2 Å². The van der Waals surface area contributed by atoms with E-state index in [1.807, 2.05) is 0 Å². The Morgan fingerprint density at radius 2 is 1.56 bits per heavy atom. The van der Waals surface area contributed by atoms with Crippen LogP contribution in [0, 0.1) is 0 Å². The van der Waals surface area contributed by atoms with Gasteiger partial charge in [0, 0.05) is 0 Å². The first kappa shape index (κ1) is 15.3. The Hall–Kier alpha value is -0.710. The van der Waals surface area contributed by atoms with Crippen LogP contribution >= 0.6 is 11.8 Å². The van der Waals surface area contributed by atoms with E-state index in [1.54, 1.807) is 13.8 Å². The first-order chi connectivity index (χ1) is 7.67. The molecule has 0 atom stereocenters. The lowest BCUT2D eigenvalue weighted by Crippen LogP contribution is -2.31. The van der Waals surface area contributed by atoms with Crippen molar-refractivity contribution < 1.29 is 19.1 Å². The Morgan fingerprint density at radius 1 is 1.06 bits per heavy atom. The van der Waals surface area contributed by atoms with Crippen molar-refractivity contribution in [2.75, 3.05) is 19.0 Å². The second-order valence-electron chi connectivity index (χ2n) is 3.11. The van der Waals surface area contributed by atoms with Crippen molar-refractivity contribution in [3.63, 3.8) is 0 Å². The Labute approximate surface area is 101 Å². The summed E-state index contributed by atoms with van der Waals surface area (Å²) in [7, 11) is 0. The minimum Gasteiger partial charge on any atom is -0.465 e. The van der Waals surface area contributed by atoms with Gasteiger partial charge in [-0.05, 0) is 26.0 Å². The first-order valence-corrected chi connectivity index (χ1v) is 6.67. The molecule has 0 unspecified atom stereocenters. The highest BCUT2D eigenvalue weighted by atomic mass is 32.2. The summed E-state index contributed by atoms with van der Waals surface area (Å²) in [5.41, 5.74) is 0. The van der Waals surface area contributed by atoms with Crippen molar-refractivity contribution in [2.24, 2.45) is 0 Å².